The maximum absolute atomic E-state index is 5.76. The van der Waals surface area contributed by atoms with E-state index in [9.17, 15) is 0 Å². The summed E-state index contributed by atoms with van der Waals surface area (Å²) in [4.78, 5) is 0. The minimum atomic E-state index is 0.201. The Morgan fingerprint density at radius 1 is 1.39 bits per heavy atom. The molecular weight excluding hydrogens is 290 g/mol. The normalized spacial score (nSPS) is 25.6. The van der Waals surface area contributed by atoms with E-state index >= 15 is 0 Å². The first-order chi connectivity index (χ1) is 8.43. The molecule has 0 heterocycles. The summed E-state index contributed by atoms with van der Waals surface area (Å²) >= 11 is 3.54. The van der Waals surface area contributed by atoms with Crippen LogP contribution >= 0.6 is 15.9 Å². The van der Waals surface area contributed by atoms with Gasteiger partial charge in [-0.3, -0.25) is 0 Å². The smallest absolute Gasteiger partial charge is 0.0665 e. The minimum Gasteiger partial charge on any atom is -0.382 e. The molecule has 0 spiro atoms. The van der Waals surface area contributed by atoms with Crippen LogP contribution in [0.1, 0.15) is 32.8 Å². The molecule has 0 aromatic heterocycles. The van der Waals surface area contributed by atoms with Gasteiger partial charge < -0.3 is 10.1 Å². The first-order valence-electron chi connectivity index (χ1n) is 6.59. The van der Waals surface area contributed by atoms with Gasteiger partial charge in [0.2, 0.25) is 0 Å². The Hall–Kier alpha value is -0.540. The van der Waals surface area contributed by atoms with Crippen molar-refractivity contribution < 1.29 is 4.74 Å². The van der Waals surface area contributed by atoms with Gasteiger partial charge in [0.1, 0.15) is 0 Å². The lowest BCUT2D eigenvalue weighted by Crippen LogP contribution is -2.58. The van der Waals surface area contributed by atoms with Crippen LogP contribution in [0, 0.1) is 12.3 Å². The van der Waals surface area contributed by atoms with Gasteiger partial charge in [-0.1, -0.05) is 29.8 Å². The molecule has 100 valence electrons. The predicted octanol–water partition coefficient (Wildman–Crippen LogP) is 4.37. The van der Waals surface area contributed by atoms with Crippen molar-refractivity contribution in [2.24, 2.45) is 5.41 Å². The van der Waals surface area contributed by atoms with Crippen molar-refractivity contribution in [1.29, 1.82) is 0 Å². The molecule has 0 radical (unpaired) electrons. The van der Waals surface area contributed by atoms with Gasteiger partial charge in [-0.05, 0) is 44.0 Å². The summed E-state index contributed by atoms with van der Waals surface area (Å²) in [6, 6.07) is 6.94. The Bertz CT molecular complexity index is 410. The third kappa shape index (κ3) is 2.72. The van der Waals surface area contributed by atoms with Crippen molar-refractivity contribution in [3.8, 4) is 0 Å². The van der Waals surface area contributed by atoms with Gasteiger partial charge in [-0.25, -0.2) is 0 Å². The number of hydrogen-bond donors (Lipinski definition) is 1. The van der Waals surface area contributed by atoms with Crippen molar-refractivity contribution in [2.75, 3.05) is 11.9 Å². The Kier molecular flexibility index (Phi) is 4.02. The van der Waals surface area contributed by atoms with Crippen molar-refractivity contribution in [2.45, 2.75) is 46.3 Å². The number of halogens is 1. The maximum Gasteiger partial charge on any atom is 0.0665 e. The number of benzene rings is 1. The topological polar surface area (TPSA) is 21.3 Å². The SMILES string of the molecule is CCOC1CC(Nc2cc(C)cc(Br)c2)C1(C)C. The van der Waals surface area contributed by atoms with E-state index < -0.39 is 0 Å². The second-order valence-electron chi connectivity index (χ2n) is 5.72. The highest BCUT2D eigenvalue weighted by Gasteiger charge is 2.48. The number of rotatable bonds is 4. The fraction of sp³-hybridized carbons (Fsp3) is 0.600. The molecule has 2 atom stereocenters. The number of ether oxygens (including phenoxy) is 1. The Labute approximate surface area is 118 Å². The van der Waals surface area contributed by atoms with Crippen LogP contribution in [0.2, 0.25) is 0 Å². The lowest BCUT2D eigenvalue weighted by molar-refractivity contribution is -0.0975. The number of hydrogen-bond acceptors (Lipinski definition) is 2. The van der Waals surface area contributed by atoms with Gasteiger partial charge in [-0.15, -0.1) is 0 Å². The fourth-order valence-corrected chi connectivity index (χ4v) is 3.24. The lowest BCUT2D eigenvalue weighted by Gasteiger charge is -2.52. The molecule has 1 aromatic carbocycles. The quantitative estimate of drug-likeness (QED) is 0.891. The summed E-state index contributed by atoms with van der Waals surface area (Å²) in [6.45, 7) is 9.54. The Balaban J connectivity index is 2.03. The molecule has 1 fully saturated rings. The van der Waals surface area contributed by atoms with Crippen LogP contribution in [0.15, 0.2) is 22.7 Å². The fourth-order valence-electron chi connectivity index (χ4n) is 2.64. The summed E-state index contributed by atoms with van der Waals surface area (Å²) in [5, 5.41) is 3.63. The summed E-state index contributed by atoms with van der Waals surface area (Å²) in [5.74, 6) is 0. The van der Waals surface area contributed by atoms with Crippen molar-refractivity contribution in [3.05, 3.63) is 28.2 Å². The second kappa shape index (κ2) is 5.22. The van der Waals surface area contributed by atoms with Gasteiger partial charge in [-0.2, -0.15) is 0 Å². The molecule has 0 amide bonds. The van der Waals surface area contributed by atoms with Crippen LogP contribution in [-0.2, 0) is 4.74 Å². The van der Waals surface area contributed by atoms with E-state index in [1.807, 2.05) is 0 Å². The van der Waals surface area contributed by atoms with Gasteiger partial charge in [0, 0.05) is 28.2 Å². The molecule has 0 aliphatic heterocycles. The van der Waals surface area contributed by atoms with Crippen LogP contribution in [-0.4, -0.2) is 18.8 Å². The third-order valence-corrected chi connectivity index (χ3v) is 4.39. The largest absolute Gasteiger partial charge is 0.382 e. The van der Waals surface area contributed by atoms with E-state index in [0.29, 0.717) is 12.1 Å². The highest BCUT2D eigenvalue weighted by atomic mass is 79.9. The monoisotopic (exact) mass is 311 g/mol. The first kappa shape index (κ1) is 13.9. The molecule has 1 aliphatic carbocycles. The molecule has 18 heavy (non-hydrogen) atoms. The molecule has 1 aromatic rings. The van der Waals surface area contributed by atoms with Crippen LogP contribution in [0.25, 0.3) is 0 Å². The van der Waals surface area contributed by atoms with E-state index in [-0.39, 0.29) is 5.41 Å². The number of aryl methyl sites for hydroxylation is 1. The van der Waals surface area contributed by atoms with Crippen LogP contribution in [0.3, 0.4) is 0 Å². The van der Waals surface area contributed by atoms with E-state index in [1.54, 1.807) is 0 Å². The summed E-state index contributed by atoms with van der Waals surface area (Å²) in [5.41, 5.74) is 2.66. The molecule has 1 aliphatic rings. The lowest BCUT2D eigenvalue weighted by atomic mass is 9.64. The van der Waals surface area contributed by atoms with Gasteiger partial charge in [0.05, 0.1) is 6.10 Å². The summed E-state index contributed by atoms with van der Waals surface area (Å²) in [7, 11) is 0. The average molecular weight is 312 g/mol. The van der Waals surface area contributed by atoms with Crippen LogP contribution < -0.4 is 5.32 Å². The van der Waals surface area contributed by atoms with Crippen LogP contribution in [0.5, 0.6) is 0 Å². The minimum absolute atomic E-state index is 0.201. The van der Waals surface area contributed by atoms with E-state index in [4.69, 9.17) is 4.74 Å². The van der Waals surface area contributed by atoms with E-state index in [2.05, 4.69) is 67.1 Å². The molecule has 1 saturated carbocycles. The second-order valence-corrected chi connectivity index (χ2v) is 6.63. The Morgan fingerprint density at radius 3 is 2.67 bits per heavy atom. The summed E-state index contributed by atoms with van der Waals surface area (Å²) in [6.07, 6.45) is 1.47. The standard InChI is InChI=1S/C15H22BrNO/c1-5-18-14-9-13(15(14,3)4)17-12-7-10(2)6-11(16)8-12/h6-8,13-14,17H,5,9H2,1-4H3. The highest BCUT2D eigenvalue weighted by molar-refractivity contribution is 9.10. The molecule has 0 bridgehead atoms. The third-order valence-electron chi connectivity index (χ3n) is 3.93. The van der Waals surface area contributed by atoms with E-state index in [0.717, 1.165) is 17.5 Å². The van der Waals surface area contributed by atoms with Crippen molar-refractivity contribution in [3.63, 3.8) is 0 Å². The van der Waals surface area contributed by atoms with Crippen LogP contribution in [0.4, 0.5) is 5.69 Å². The van der Waals surface area contributed by atoms with Gasteiger partial charge >= 0.3 is 0 Å². The average Bonchev–Trinajstić information content (AvgIpc) is 2.26. The molecule has 3 heteroatoms. The maximum atomic E-state index is 5.76. The van der Waals surface area contributed by atoms with Crippen molar-refractivity contribution >= 4 is 21.6 Å². The molecular formula is C15H22BrNO. The first-order valence-corrected chi connectivity index (χ1v) is 7.38. The molecule has 0 saturated heterocycles. The van der Waals surface area contributed by atoms with E-state index in [1.165, 1.54) is 11.3 Å². The number of nitrogens with one attached hydrogen (secondary N) is 1. The highest BCUT2D eigenvalue weighted by Crippen LogP contribution is 2.44. The zero-order chi connectivity index (χ0) is 13.3. The number of anilines is 1. The van der Waals surface area contributed by atoms with Gasteiger partial charge in [0.25, 0.3) is 0 Å². The molecule has 2 rings (SSSR count). The predicted molar refractivity (Wildman–Crippen MR) is 80.1 cm³/mol. The molecule has 2 unspecified atom stereocenters. The Morgan fingerprint density at radius 2 is 2.11 bits per heavy atom. The van der Waals surface area contributed by atoms with Gasteiger partial charge in [0.15, 0.2) is 0 Å². The zero-order valence-electron chi connectivity index (χ0n) is 11.6. The molecule has 2 nitrogen and oxygen atoms in total. The zero-order valence-corrected chi connectivity index (χ0v) is 13.2. The summed E-state index contributed by atoms with van der Waals surface area (Å²) < 4.78 is 6.89. The molecule has 1 N–H and O–H groups in total. The van der Waals surface area contributed by atoms with Crippen molar-refractivity contribution in [1.82, 2.24) is 0 Å².